The van der Waals surface area contributed by atoms with E-state index in [4.69, 9.17) is 5.11 Å². The van der Waals surface area contributed by atoms with Gasteiger partial charge in [-0.25, -0.2) is 4.79 Å². The van der Waals surface area contributed by atoms with Crippen molar-refractivity contribution in [2.75, 3.05) is 0 Å². The molecule has 14 heavy (non-hydrogen) atoms. The summed E-state index contributed by atoms with van der Waals surface area (Å²) in [5.74, 6) is -1.02. The molecule has 0 bridgehead atoms. The molecule has 0 aliphatic heterocycles. The summed E-state index contributed by atoms with van der Waals surface area (Å²) in [7, 11) is 0. The number of hydrogen-bond acceptors (Lipinski definition) is 2. The first-order chi connectivity index (χ1) is 6.70. The molecule has 1 N–H and O–H groups in total. The van der Waals surface area contributed by atoms with Gasteiger partial charge in [0.15, 0.2) is 0 Å². The van der Waals surface area contributed by atoms with Crippen LogP contribution in [0, 0.1) is 0 Å². The Morgan fingerprint density at radius 2 is 1.93 bits per heavy atom. The van der Waals surface area contributed by atoms with Gasteiger partial charge < -0.3 is 5.11 Å². The Morgan fingerprint density at radius 3 is 2.50 bits per heavy atom. The van der Waals surface area contributed by atoms with Crippen LogP contribution in [0.2, 0.25) is 0 Å². The summed E-state index contributed by atoms with van der Waals surface area (Å²) in [5, 5.41) is 8.50. The fourth-order valence-electron chi connectivity index (χ4n) is 0.886. The monoisotopic (exact) mass is 206 g/mol. The summed E-state index contributed by atoms with van der Waals surface area (Å²) in [6.45, 7) is 0. The Morgan fingerprint density at radius 1 is 1.29 bits per heavy atom. The van der Waals surface area contributed by atoms with E-state index in [1.54, 1.807) is 6.08 Å². The predicted molar refractivity (Wildman–Crippen MR) is 60.2 cm³/mol. The molecule has 0 spiro atoms. The van der Waals surface area contributed by atoms with Gasteiger partial charge >= 0.3 is 5.97 Å². The van der Waals surface area contributed by atoms with E-state index < -0.39 is 5.97 Å². The smallest absolute Gasteiger partial charge is 0.341 e. The maximum absolute atomic E-state index is 10.4. The van der Waals surface area contributed by atoms with E-state index in [-0.39, 0.29) is 4.91 Å². The molecular weight excluding hydrogens is 196 g/mol. The standard InChI is InChI=1S/C11H10O2S/c12-11(13)10(14)8-4-7-9-5-2-1-3-6-9/h1-8,14H,(H,12,13)/b7-4+,10-8-. The van der Waals surface area contributed by atoms with Crippen LogP contribution in [0.25, 0.3) is 6.08 Å². The molecule has 2 nitrogen and oxygen atoms in total. The Hall–Kier alpha value is -1.48. The van der Waals surface area contributed by atoms with Crippen molar-refractivity contribution in [3.8, 4) is 0 Å². The molecule has 1 aromatic carbocycles. The van der Waals surface area contributed by atoms with Crippen LogP contribution in [-0.4, -0.2) is 11.1 Å². The van der Waals surface area contributed by atoms with E-state index in [2.05, 4.69) is 12.6 Å². The van der Waals surface area contributed by atoms with Crippen molar-refractivity contribution in [1.29, 1.82) is 0 Å². The van der Waals surface area contributed by atoms with E-state index in [1.165, 1.54) is 6.08 Å². The molecule has 1 aromatic rings. The van der Waals surface area contributed by atoms with Crippen molar-refractivity contribution < 1.29 is 9.90 Å². The van der Waals surface area contributed by atoms with Crippen LogP contribution in [0.4, 0.5) is 0 Å². The topological polar surface area (TPSA) is 37.3 Å². The zero-order valence-electron chi connectivity index (χ0n) is 7.42. The van der Waals surface area contributed by atoms with Crippen molar-refractivity contribution in [1.82, 2.24) is 0 Å². The lowest BCUT2D eigenvalue weighted by Crippen LogP contribution is -1.92. The van der Waals surface area contributed by atoms with Crippen molar-refractivity contribution in [2.45, 2.75) is 0 Å². The van der Waals surface area contributed by atoms with Gasteiger partial charge in [-0.1, -0.05) is 42.5 Å². The second-order valence-corrected chi connectivity index (χ2v) is 3.11. The fourth-order valence-corrected chi connectivity index (χ4v) is 0.972. The van der Waals surface area contributed by atoms with Crippen LogP contribution in [0.5, 0.6) is 0 Å². The van der Waals surface area contributed by atoms with E-state index in [0.29, 0.717) is 0 Å². The number of carbonyl (C=O) groups is 1. The third kappa shape index (κ3) is 3.49. The van der Waals surface area contributed by atoms with E-state index in [9.17, 15) is 4.79 Å². The van der Waals surface area contributed by atoms with Gasteiger partial charge in [-0.3, -0.25) is 0 Å². The Balaban J connectivity index is 2.66. The highest BCUT2D eigenvalue weighted by atomic mass is 32.1. The average Bonchev–Trinajstić information content (AvgIpc) is 2.19. The third-order valence-corrected chi connectivity index (χ3v) is 1.90. The molecule has 0 aromatic heterocycles. The van der Waals surface area contributed by atoms with Gasteiger partial charge in [0.05, 0.1) is 4.91 Å². The summed E-state index contributed by atoms with van der Waals surface area (Å²) in [6, 6.07) is 9.63. The van der Waals surface area contributed by atoms with Crippen LogP contribution in [0.1, 0.15) is 5.56 Å². The second-order valence-electron chi connectivity index (χ2n) is 2.63. The number of benzene rings is 1. The zero-order chi connectivity index (χ0) is 10.4. The van der Waals surface area contributed by atoms with Crippen LogP contribution in [0.15, 0.2) is 47.4 Å². The van der Waals surface area contributed by atoms with Crippen molar-refractivity contribution in [3.05, 3.63) is 53.0 Å². The highest BCUT2D eigenvalue weighted by Crippen LogP contribution is 2.04. The number of thiol groups is 1. The van der Waals surface area contributed by atoms with Gasteiger partial charge in [0, 0.05) is 0 Å². The van der Waals surface area contributed by atoms with E-state index in [1.807, 2.05) is 36.4 Å². The number of aliphatic carboxylic acids is 1. The molecule has 0 radical (unpaired) electrons. The lowest BCUT2D eigenvalue weighted by atomic mass is 10.2. The first kappa shape index (κ1) is 10.6. The van der Waals surface area contributed by atoms with Gasteiger partial charge in [0.25, 0.3) is 0 Å². The van der Waals surface area contributed by atoms with E-state index in [0.717, 1.165) is 5.56 Å². The molecule has 0 atom stereocenters. The summed E-state index contributed by atoms with van der Waals surface area (Å²) in [6.07, 6.45) is 4.92. The third-order valence-electron chi connectivity index (χ3n) is 1.56. The maximum Gasteiger partial charge on any atom is 0.341 e. The molecule has 0 unspecified atom stereocenters. The number of allylic oxidation sites excluding steroid dienone is 2. The molecule has 0 aliphatic carbocycles. The van der Waals surface area contributed by atoms with Crippen molar-refractivity contribution in [2.24, 2.45) is 0 Å². The second kappa shape index (κ2) is 5.29. The quantitative estimate of drug-likeness (QED) is 0.453. The lowest BCUT2D eigenvalue weighted by Gasteiger charge is -1.89. The highest BCUT2D eigenvalue weighted by molar-refractivity contribution is 7.85. The fraction of sp³-hybridized carbons (Fsp3) is 0. The van der Waals surface area contributed by atoms with Crippen molar-refractivity contribution in [3.63, 3.8) is 0 Å². The molecule has 0 saturated carbocycles. The first-order valence-corrected chi connectivity index (χ1v) is 4.50. The molecule has 0 amide bonds. The highest BCUT2D eigenvalue weighted by Gasteiger charge is 1.96. The SMILES string of the molecule is O=C(O)/C(S)=C/C=C/c1ccccc1. The average molecular weight is 206 g/mol. The van der Waals surface area contributed by atoms with E-state index >= 15 is 0 Å². The van der Waals surface area contributed by atoms with Gasteiger partial charge in [0.1, 0.15) is 0 Å². The minimum Gasteiger partial charge on any atom is -0.477 e. The molecule has 0 saturated heterocycles. The maximum atomic E-state index is 10.4. The summed E-state index contributed by atoms with van der Waals surface area (Å²) in [5.41, 5.74) is 1.02. The largest absolute Gasteiger partial charge is 0.477 e. The minimum absolute atomic E-state index is 0.0252. The molecule has 72 valence electrons. The Kier molecular flexibility index (Phi) is 4.01. The predicted octanol–water partition coefficient (Wildman–Crippen LogP) is 2.60. The van der Waals surface area contributed by atoms with Gasteiger partial charge in [-0.2, -0.15) is 0 Å². The number of rotatable bonds is 3. The summed E-state index contributed by atoms with van der Waals surface area (Å²) < 4.78 is 0. The number of carboxylic acids is 1. The Labute approximate surface area is 88.0 Å². The molecular formula is C11H10O2S. The van der Waals surface area contributed by atoms with Crippen LogP contribution in [-0.2, 0) is 4.79 Å². The normalized spacial score (nSPS) is 11.9. The molecule has 3 heteroatoms. The first-order valence-electron chi connectivity index (χ1n) is 4.06. The van der Waals surface area contributed by atoms with Crippen molar-refractivity contribution >= 4 is 24.7 Å². The Bertz CT molecular complexity index is 366. The van der Waals surface area contributed by atoms with Gasteiger partial charge in [-0.15, -0.1) is 12.6 Å². The van der Waals surface area contributed by atoms with Crippen LogP contribution < -0.4 is 0 Å². The zero-order valence-corrected chi connectivity index (χ0v) is 8.32. The van der Waals surface area contributed by atoms with Crippen LogP contribution in [0.3, 0.4) is 0 Å². The minimum atomic E-state index is -1.02. The summed E-state index contributed by atoms with van der Waals surface area (Å²) in [4.78, 5) is 10.4. The van der Waals surface area contributed by atoms with Crippen LogP contribution >= 0.6 is 12.6 Å². The van der Waals surface area contributed by atoms with Gasteiger partial charge in [-0.05, 0) is 11.6 Å². The molecule has 0 heterocycles. The molecule has 1 rings (SSSR count). The number of carboxylic acid groups (broad SMARTS) is 1. The molecule has 0 fully saturated rings. The lowest BCUT2D eigenvalue weighted by molar-refractivity contribution is -0.131. The van der Waals surface area contributed by atoms with Gasteiger partial charge in [0.2, 0.25) is 0 Å². The summed E-state index contributed by atoms with van der Waals surface area (Å²) >= 11 is 3.78. The number of hydrogen-bond donors (Lipinski definition) is 2. The molecule has 0 aliphatic rings.